The van der Waals surface area contributed by atoms with Crippen LogP contribution < -0.4 is 5.32 Å². The van der Waals surface area contributed by atoms with Crippen molar-refractivity contribution >= 4 is 11.8 Å². The molecule has 1 heterocycles. The molecule has 1 radical (unpaired) electrons. The van der Waals surface area contributed by atoms with Gasteiger partial charge in [0.1, 0.15) is 0 Å². The molecule has 51 valence electrons. The lowest BCUT2D eigenvalue weighted by Gasteiger charge is -1.95. The van der Waals surface area contributed by atoms with Crippen molar-refractivity contribution in [2.24, 2.45) is 0 Å². The van der Waals surface area contributed by atoms with E-state index in [1.54, 1.807) is 6.07 Å². The SMILES string of the molecule is O=C(O)Nc1c[c]ncc1. The van der Waals surface area contributed by atoms with Gasteiger partial charge in [0.25, 0.3) is 0 Å². The van der Waals surface area contributed by atoms with Crippen LogP contribution in [0.2, 0.25) is 0 Å². The molecule has 0 aromatic carbocycles. The molecule has 0 spiro atoms. The predicted molar refractivity (Wildman–Crippen MR) is 34.7 cm³/mol. The molecule has 0 aliphatic heterocycles. The van der Waals surface area contributed by atoms with Crippen LogP contribution in [0.15, 0.2) is 18.3 Å². The second kappa shape index (κ2) is 2.82. The first-order valence-corrected chi connectivity index (χ1v) is 2.61. The number of carboxylic acid groups (broad SMARTS) is 1. The van der Waals surface area contributed by atoms with Gasteiger partial charge in [0.2, 0.25) is 0 Å². The van der Waals surface area contributed by atoms with Crippen LogP contribution >= 0.6 is 0 Å². The van der Waals surface area contributed by atoms with E-state index in [4.69, 9.17) is 5.11 Å². The van der Waals surface area contributed by atoms with Crippen molar-refractivity contribution in [3.63, 3.8) is 0 Å². The van der Waals surface area contributed by atoms with Crippen LogP contribution in [0.5, 0.6) is 0 Å². The summed E-state index contributed by atoms with van der Waals surface area (Å²) in [5.41, 5.74) is 0.475. The third-order valence-electron chi connectivity index (χ3n) is 0.874. The lowest BCUT2D eigenvalue weighted by atomic mass is 10.4. The van der Waals surface area contributed by atoms with Crippen molar-refractivity contribution < 1.29 is 9.90 Å². The zero-order valence-electron chi connectivity index (χ0n) is 5.03. The van der Waals surface area contributed by atoms with Gasteiger partial charge in [-0.05, 0) is 12.1 Å². The largest absolute Gasteiger partial charge is 0.465 e. The number of hydrogen-bond donors (Lipinski definition) is 2. The lowest BCUT2D eigenvalue weighted by molar-refractivity contribution is 0.210. The second-order valence-electron chi connectivity index (χ2n) is 1.60. The summed E-state index contributed by atoms with van der Waals surface area (Å²) in [6, 6.07) is 3.00. The highest BCUT2D eigenvalue weighted by molar-refractivity contribution is 5.82. The summed E-state index contributed by atoms with van der Waals surface area (Å²) >= 11 is 0. The normalized spacial score (nSPS) is 8.80. The Morgan fingerprint density at radius 3 is 3.10 bits per heavy atom. The van der Waals surface area contributed by atoms with E-state index < -0.39 is 6.09 Å². The molecule has 0 saturated heterocycles. The van der Waals surface area contributed by atoms with Crippen molar-refractivity contribution in [3.8, 4) is 0 Å². The topological polar surface area (TPSA) is 62.2 Å². The molecule has 0 bridgehead atoms. The molecule has 0 unspecified atom stereocenters. The standard InChI is InChI=1S/C6H5N2O2/c9-6(10)8-5-1-3-7-4-2-5/h1-3H,(H,7,8)(H,9,10). The number of pyridine rings is 1. The molecule has 0 aliphatic rings. The van der Waals surface area contributed by atoms with Gasteiger partial charge in [-0.1, -0.05) is 0 Å². The fraction of sp³-hybridized carbons (Fsp3) is 0. The highest BCUT2D eigenvalue weighted by Gasteiger charge is 1.93. The number of rotatable bonds is 1. The minimum absolute atomic E-state index is 0.475. The fourth-order valence-corrected chi connectivity index (χ4v) is 0.517. The van der Waals surface area contributed by atoms with Gasteiger partial charge >= 0.3 is 6.09 Å². The van der Waals surface area contributed by atoms with E-state index in [1.165, 1.54) is 12.3 Å². The van der Waals surface area contributed by atoms with E-state index in [9.17, 15) is 4.79 Å². The average Bonchev–Trinajstić information content (AvgIpc) is 1.88. The number of carbonyl (C=O) groups is 1. The van der Waals surface area contributed by atoms with Crippen molar-refractivity contribution in [3.05, 3.63) is 24.5 Å². The van der Waals surface area contributed by atoms with E-state index in [2.05, 4.69) is 16.5 Å². The van der Waals surface area contributed by atoms with Gasteiger partial charge in [0.15, 0.2) is 0 Å². The summed E-state index contributed by atoms with van der Waals surface area (Å²) in [4.78, 5) is 13.6. The third-order valence-corrected chi connectivity index (χ3v) is 0.874. The molecule has 1 rings (SSSR count). The van der Waals surface area contributed by atoms with Crippen LogP contribution in [-0.4, -0.2) is 16.2 Å². The minimum Gasteiger partial charge on any atom is -0.465 e. The minimum atomic E-state index is -1.08. The van der Waals surface area contributed by atoms with Gasteiger partial charge in [0, 0.05) is 11.9 Å². The van der Waals surface area contributed by atoms with Gasteiger partial charge in [-0.15, -0.1) is 0 Å². The van der Waals surface area contributed by atoms with Gasteiger partial charge in [-0.25, -0.2) is 4.79 Å². The Balaban J connectivity index is 2.67. The first kappa shape index (κ1) is 6.54. The van der Waals surface area contributed by atoms with E-state index in [-0.39, 0.29) is 0 Å². The summed E-state index contributed by atoms with van der Waals surface area (Å²) in [7, 11) is 0. The van der Waals surface area contributed by atoms with Gasteiger partial charge in [0.05, 0.1) is 6.20 Å². The van der Waals surface area contributed by atoms with Gasteiger partial charge < -0.3 is 5.11 Å². The van der Waals surface area contributed by atoms with Crippen molar-refractivity contribution in [1.29, 1.82) is 0 Å². The Kier molecular flexibility index (Phi) is 1.84. The Morgan fingerprint density at radius 1 is 1.80 bits per heavy atom. The Hall–Kier alpha value is -1.58. The quantitative estimate of drug-likeness (QED) is 0.606. The number of amides is 1. The number of hydrogen-bond acceptors (Lipinski definition) is 2. The summed E-state index contributed by atoms with van der Waals surface area (Å²) in [5.74, 6) is 0. The van der Waals surface area contributed by atoms with Crippen molar-refractivity contribution in [1.82, 2.24) is 4.98 Å². The maximum Gasteiger partial charge on any atom is 0.409 e. The molecule has 0 aliphatic carbocycles. The molecule has 1 aromatic rings. The highest BCUT2D eigenvalue weighted by atomic mass is 16.4. The second-order valence-corrected chi connectivity index (χ2v) is 1.60. The van der Waals surface area contributed by atoms with E-state index >= 15 is 0 Å². The number of aromatic nitrogens is 1. The zero-order chi connectivity index (χ0) is 7.40. The molecule has 1 amide bonds. The van der Waals surface area contributed by atoms with Crippen LogP contribution in [0.4, 0.5) is 10.5 Å². The Morgan fingerprint density at radius 2 is 2.60 bits per heavy atom. The van der Waals surface area contributed by atoms with Crippen LogP contribution in [0.3, 0.4) is 0 Å². The summed E-state index contributed by atoms with van der Waals surface area (Å²) in [6.07, 6.45) is 2.87. The molecule has 0 saturated carbocycles. The molecule has 1 aromatic heterocycles. The van der Waals surface area contributed by atoms with E-state index in [0.29, 0.717) is 5.69 Å². The molecule has 0 atom stereocenters. The molecule has 4 nitrogen and oxygen atoms in total. The number of nitrogens with one attached hydrogen (secondary N) is 1. The first-order valence-electron chi connectivity index (χ1n) is 2.61. The van der Waals surface area contributed by atoms with Gasteiger partial charge in [-0.2, -0.15) is 0 Å². The van der Waals surface area contributed by atoms with Crippen LogP contribution in [0.1, 0.15) is 0 Å². The van der Waals surface area contributed by atoms with Gasteiger partial charge in [-0.3, -0.25) is 10.3 Å². The monoisotopic (exact) mass is 137 g/mol. The molecule has 10 heavy (non-hydrogen) atoms. The molecule has 4 heteroatoms. The Labute approximate surface area is 57.5 Å². The van der Waals surface area contributed by atoms with Crippen LogP contribution in [0, 0.1) is 6.20 Å². The summed E-state index contributed by atoms with van der Waals surface area (Å²) < 4.78 is 0. The van der Waals surface area contributed by atoms with E-state index in [1.807, 2.05) is 0 Å². The maximum atomic E-state index is 10.0. The van der Waals surface area contributed by atoms with Crippen LogP contribution in [0.25, 0.3) is 0 Å². The molecule has 2 N–H and O–H groups in total. The average molecular weight is 137 g/mol. The first-order chi connectivity index (χ1) is 4.79. The lowest BCUT2D eigenvalue weighted by Crippen LogP contribution is -2.06. The fourth-order valence-electron chi connectivity index (χ4n) is 0.517. The molecular weight excluding hydrogens is 132 g/mol. The molecular formula is C6H5N2O2. The van der Waals surface area contributed by atoms with Crippen molar-refractivity contribution in [2.75, 3.05) is 5.32 Å². The Bertz CT molecular complexity index is 222. The summed E-state index contributed by atoms with van der Waals surface area (Å²) in [5, 5.41) is 10.4. The van der Waals surface area contributed by atoms with Crippen LogP contribution in [-0.2, 0) is 0 Å². The third kappa shape index (κ3) is 1.74. The van der Waals surface area contributed by atoms with Crippen molar-refractivity contribution in [2.45, 2.75) is 0 Å². The predicted octanol–water partition coefficient (Wildman–Crippen LogP) is 0.972. The summed E-state index contributed by atoms with van der Waals surface area (Å²) in [6.45, 7) is 0. The zero-order valence-corrected chi connectivity index (χ0v) is 5.03. The van der Waals surface area contributed by atoms with E-state index in [0.717, 1.165) is 0 Å². The maximum absolute atomic E-state index is 10.0. The smallest absolute Gasteiger partial charge is 0.409 e. The molecule has 0 fully saturated rings. The number of anilines is 1. The number of nitrogens with zero attached hydrogens (tertiary/aromatic N) is 1. The highest BCUT2D eigenvalue weighted by Crippen LogP contribution is 2.01.